The normalized spacial score (nSPS) is 11.7. The number of aromatic nitrogens is 4. The van der Waals surface area contributed by atoms with Gasteiger partial charge in [-0.1, -0.05) is 33.4 Å². The van der Waals surface area contributed by atoms with Crippen molar-refractivity contribution >= 4 is 6.08 Å². The lowest BCUT2D eigenvalue weighted by molar-refractivity contribution is 0.521. The van der Waals surface area contributed by atoms with Crippen LogP contribution in [0.3, 0.4) is 0 Å². The van der Waals surface area contributed by atoms with Gasteiger partial charge in [-0.25, -0.2) is 9.18 Å². The van der Waals surface area contributed by atoms with Crippen LogP contribution < -0.4 is 5.69 Å². The summed E-state index contributed by atoms with van der Waals surface area (Å²) in [5.41, 5.74) is 0.711. The Hall–Kier alpha value is -2.24. The topological polar surface area (TPSA) is 52.7 Å². The molecule has 0 radical (unpaired) electrons. The number of benzene rings is 1. The second-order valence-corrected chi connectivity index (χ2v) is 5.64. The molecule has 0 bridgehead atoms. The van der Waals surface area contributed by atoms with Crippen LogP contribution in [0.25, 0.3) is 11.8 Å². The molecule has 5 nitrogen and oxygen atoms in total. The molecule has 2 aromatic rings. The monoisotopic (exact) mass is 276 g/mol. The highest BCUT2D eigenvalue weighted by atomic mass is 19.1. The average molecular weight is 276 g/mol. The van der Waals surface area contributed by atoms with Crippen LogP contribution in [-0.4, -0.2) is 19.8 Å². The molecule has 0 aliphatic heterocycles. The van der Waals surface area contributed by atoms with Crippen molar-refractivity contribution in [3.63, 3.8) is 0 Å². The standard InChI is InChI=1S/C14H17FN4O/c1-6-9-7-11(15)10(14(2,3)4)8-12(9)19-13(20)18(5)16-17-19/h6-8H,1H2,2-5H3. The number of rotatable bonds is 2. The van der Waals surface area contributed by atoms with Crippen molar-refractivity contribution in [1.82, 2.24) is 19.8 Å². The van der Waals surface area contributed by atoms with Crippen molar-refractivity contribution in [1.29, 1.82) is 0 Å². The highest BCUT2D eigenvalue weighted by molar-refractivity contribution is 5.60. The molecule has 0 saturated carbocycles. The van der Waals surface area contributed by atoms with Crippen molar-refractivity contribution in [2.75, 3.05) is 0 Å². The van der Waals surface area contributed by atoms with Crippen LogP contribution in [0.2, 0.25) is 0 Å². The third-order valence-corrected chi connectivity index (χ3v) is 3.09. The van der Waals surface area contributed by atoms with Gasteiger partial charge in [-0.3, -0.25) is 0 Å². The van der Waals surface area contributed by atoms with Crippen LogP contribution in [-0.2, 0) is 12.5 Å². The van der Waals surface area contributed by atoms with Crippen molar-refractivity contribution in [3.05, 3.63) is 46.1 Å². The lowest BCUT2D eigenvalue weighted by atomic mass is 9.85. The zero-order valence-corrected chi connectivity index (χ0v) is 12.0. The van der Waals surface area contributed by atoms with Crippen LogP contribution in [0.1, 0.15) is 31.9 Å². The SMILES string of the molecule is C=Cc1cc(F)c(C(C)(C)C)cc1-n1nnn(C)c1=O. The fourth-order valence-electron chi connectivity index (χ4n) is 1.96. The zero-order valence-electron chi connectivity index (χ0n) is 12.0. The first-order valence-corrected chi connectivity index (χ1v) is 6.21. The molecule has 1 heterocycles. The molecule has 1 aromatic heterocycles. The summed E-state index contributed by atoms with van der Waals surface area (Å²) >= 11 is 0. The van der Waals surface area contributed by atoms with Gasteiger partial charge < -0.3 is 0 Å². The summed E-state index contributed by atoms with van der Waals surface area (Å²) in [5.74, 6) is -0.326. The van der Waals surface area contributed by atoms with Crippen LogP contribution in [0, 0.1) is 5.82 Å². The van der Waals surface area contributed by atoms with E-state index in [2.05, 4.69) is 17.0 Å². The third kappa shape index (κ3) is 2.29. The fraction of sp³-hybridized carbons (Fsp3) is 0.357. The second kappa shape index (κ2) is 4.70. The summed E-state index contributed by atoms with van der Waals surface area (Å²) in [6, 6.07) is 2.99. The van der Waals surface area contributed by atoms with E-state index in [1.165, 1.54) is 19.2 Å². The Bertz CT molecular complexity index is 722. The number of hydrogen-bond donors (Lipinski definition) is 0. The van der Waals surface area contributed by atoms with Gasteiger partial charge in [0.15, 0.2) is 0 Å². The summed E-state index contributed by atoms with van der Waals surface area (Å²) in [4.78, 5) is 12.0. The highest BCUT2D eigenvalue weighted by Gasteiger charge is 2.22. The molecule has 0 spiro atoms. The number of aryl methyl sites for hydroxylation is 1. The summed E-state index contributed by atoms with van der Waals surface area (Å²) in [6.07, 6.45) is 1.49. The highest BCUT2D eigenvalue weighted by Crippen LogP contribution is 2.29. The first kappa shape index (κ1) is 14.2. The molecule has 20 heavy (non-hydrogen) atoms. The van der Waals surface area contributed by atoms with Gasteiger partial charge in [0.1, 0.15) is 5.82 Å². The van der Waals surface area contributed by atoms with Crippen molar-refractivity contribution < 1.29 is 4.39 Å². The Morgan fingerprint density at radius 3 is 2.40 bits per heavy atom. The zero-order chi connectivity index (χ0) is 15.1. The third-order valence-electron chi connectivity index (χ3n) is 3.09. The van der Waals surface area contributed by atoms with Gasteiger partial charge in [-0.15, -0.1) is 0 Å². The number of halogens is 1. The van der Waals surface area contributed by atoms with E-state index in [1.807, 2.05) is 20.8 Å². The van der Waals surface area contributed by atoms with Gasteiger partial charge in [-0.05, 0) is 33.5 Å². The maximum absolute atomic E-state index is 14.2. The molecule has 2 rings (SSSR count). The van der Waals surface area contributed by atoms with Crippen LogP contribution in [0.4, 0.5) is 4.39 Å². The fourth-order valence-corrected chi connectivity index (χ4v) is 1.96. The Morgan fingerprint density at radius 1 is 1.30 bits per heavy atom. The average Bonchev–Trinajstić information content (AvgIpc) is 2.68. The van der Waals surface area contributed by atoms with E-state index in [-0.39, 0.29) is 16.9 Å². The van der Waals surface area contributed by atoms with E-state index in [0.717, 1.165) is 9.36 Å². The Balaban J connectivity index is 2.78. The molecule has 0 N–H and O–H groups in total. The molecule has 0 amide bonds. The maximum atomic E-state index is 14.2. The molecule has 0 fully saturated rings. The van der Waals surface area contributed by atoms with E-state index in [9.17, 15) is 9.18 Å². The van der Waals surface area contributed by atoms with E-state index in [0.29, 0.717) is 16.8 Å². The minimum Gasteiger partial charge on any atom is -0.244 e. The van der Waals surface area contributed by atoms with E-state index < -0.39 is 0 Å². The molecular weight excluding hydrogens is 259 g/mol. The Kier molecular flexibility index (Phi) is 3.33. The molecule has 0 saturated heterocycles. The predicted octanol–water partition coefficient (Wildman–Crippen LogP) is 2.05. The molecule has 0 aliphatic rings. The van der Waals surface area contributed by atoms with Crippen LogP contribution in [0.5, 0.6) is 0 Å². The van der Waals surface area contributed by atoms with Gasteiger partial charge in [0.2, 0.25) is 0 Å². The number of hydrogen-bond acceptors (Lipinski definition) is 3. The summed E-state index contributed by atoms with van der Waals surface area (Å²) in [5, 5.41) is 7.47. The molecule has 0 aliphatic carbocycles. The smallest absolute Gasteiger partial charge is 0.244 e. The summed E-state index contributed by atoms with van der Waals surface area (Å²) in [7, 11) is 1.51. The molecule has 6 heteroatoms. The predicted molar refractivity (Wildman–Crippen MR) is 75.3 cm³/mol. The first-order chi connectivity index (χ1) is 9.25. The van der Waals surface area contributed by atoms with E-state index in [4.69, 9.17) is 0 Å². The Morgan fingerprint density at radius 2 is 1.95 bits per heavy atom. The minimum atomic E-state index is -0.389. The van der Waals surface area contributed by atoms with Gasteiger partial charge in [0.05, 0.1) is 5.69 Å². The van der Waals surface area contributed by atoms with Gasteiger partial charge in [0.25, 0.3) is 0 Å². The minimum absolute atomic E-state index is 0.326. The van der Waals surface area contributed by atoms with E-state index in [1.54, 1.807) is 6.07 Å². The summed E-state index contributed by atoms with van der Waals surface area (Å²) in [6.45, 7) is 9.36. The van der Waals surface area contributed by atoms with Crippen LogP contribution in [0.15, 0.2) is 23.5 Å². The van der Waals surface area contributed by atoms with Gasteiger partial charge >= 0.3 is 5.69 Å². The first-order valence-electron chi connectivity index (χ1n) is 6.21. The molecule has 106 valence electrons. The van der Waals surface area contributed by atoms with Gasteiger partial charge in [-0.2, -0.15) is 9.36 Å². The lowest BCUT2D eigenvalue weighted by Gasteiger charge is -2.21. The van der Waals surface area contributed by atoms with Crippen molar-refractivity contribution in [3.8, 4) is 5.69 Å². The molecule has 0 atom stereocenters. The second-order valence-electron chi connectivity index (χ2n) is 5.64. The molecule has 1 aromatic carbocycles. The van der Waals surface area contributed by atoms with Crippen molar-refractivity contribution in [2.24, 2.45) is 7.05 Å². The summed E-state index contributed by atoms with van der Waals surface area (Å²) < 4.78 is 16.4. The number of nitrogens with zero attached hydrogens (tertiary/aromatic N) is 4. The van der Waals surface area contributed by atoms with E-state index >= 15 is 0 Å². The lowest BCUT2D eigenvalue weighted by Crippen LogP contribution is -2.23. The number of tetrazole rings is 1. The van der Waals surface area contributed by atoms with Gasteiger partial charge in [0, 0.05) is 12.6 Å². The van der Waals surface area contributed by atoms with Crippen LogP contribution >= 0.6 is 0 Å². The maximum Gasteiger partial charge on any atom is 0.368 e. The Labute approximate surface area is 116 Å². The molecule has 0 unspecified atom stereocenters. The quantitative estimate of drug-likeness (QED) is 0.843. The largest absolute Gasteiger partial charge is 0.368 e. The molecular formula is C14H17FN4O. The van der Waals surface area contributed by atoms with Crippen molar-refractivity contribution in [2.45, 2.75) is 26.2 Å².